The number of aromatic nitrogens is 2. The van der Waals surface area contributed by atoms with Crippen LogP contribution >= 0.6 is 12.2 Å². The summed E-state index contributed by atoms with van der Waals surface area (Å²) in [7, 11) is 0. The van der Waals surface area contributed by atoms with Gasteiger partial charge in [0.05, 0.1) is 18.7 Å². The van der Waals surface area contributed by atoms with Crippen LogP contribution < -0.4 is 5.56 Å². The van der Waals surface area contributed by atoms with Crippen molar-refractivity contribution in [1.82, 2.24) is 14.9 Å². The predicted molar refractivity (Wildman–Crippen MR) is 49.5 cm³/mol. The van der Waals surface area contributed by atoms with Crippen LogP contribution in [0.1, 0.15) is 11.3 Å². The molecule has 0 aliphatic carbocycles. The lowest BCUT2D eigenvalue weighted by Crippen LogP contribution is -2.23. The molecule has 0 radical (unpaired) electrons. The van der Waals surface area contributed by atoms with Crippen molar-refractivity contribution >= 4 is 18.3 Å². The second kappa shape index (κ2) is 2.95. The molecule has 2 heterocycles. The highest BCUT2D eigenvalue weighted by molar-refractivity contribution is 7.71. The topological polar surface area (TPSA) is 89.2 Å². The molecule has 6 nitrogen and oxygen atoms in total. The first-order chi connectivity index (χ1) is 6.58. The number of fused-ring (bicyclic) bond motifs is 1. The fourth-order valence-electron chi connectivity index (χ4n) is 1.43. The molecule has 1 aliphatic heterocycles. The molecule has 1 aliphatic rings. The predicted octanol–water partition coefficient (Wildman–Crippen LogP) is 0.426. The summed E-state index contributed by atoms with van der Waals surface area (Å²) in [5, 5.41) is 8.72. The monoisotopic (exact) mass is 213 g/mol. The van der Waals surface area contributed by atoms with Crippen LogP contribution in [0.3, 0.4) is 0 Å². The molecule has 0 saturated carbocycles. The zero-order valence-corrected chi connectivity index (χ0v) is 7.85. The number of nitrogens with zero attached hydrogens (tertiary/aromatic N) is 1. The lowest BCUT2D eigenvalue weighted by molar-refractivity contribution is 0.145. The summed E-state index contributed by atoms with van der Waals surface area (Å²) in [4.78, 5) is 28.3. The molecule has 0 unspecified atom stereocenters. The molecule has 0 atom stereocenters. The Morgan fingerprint density at radius 1 is 1.43 bits per heavy atom. The molecule has 14 heavy (non-hydrogen) atoms. The van der Waals surface area contributed by atoms with Gasteiger partial charge in [-0.2, -0.15) is 0 Å². The van der Waals surface area contributed by atoms with Crippen molar-refractivity contribution < 1.29 is 9.90 Å². The SMILES string of the molecule is O=C(O)N1Cc2[nH]c(=S)[nH]c(=O)c2C1. The molecule has 7 heteroatoms. The number of carboxylic acid groups (broad SMARTS) is 1. The number of amides is 1. The van der Waals surface area contributed by atoms with Crippen LogP contribution in [-0.4, -0.2) is 26.1 Å². The van der Waals surface area contributed by atoms with Crippen LogP contribution in [0.5, 0.6) is 0 Å². The highest BCUT2D eigenvalue weighted by Crippen LogP contribution is 2.16. The van der Waals surface area contributed by atoms with E-state index in [4.69, 9.17) is 17.3 Å². The number of carbonyl (C=O) groups is 1. The Hall–Kier alpha value is -1.63. The Morgan fingerprint density at radius 3 is 2.79 bits per heavy atom. The zero-order chi connectivity index (χ0) is 10.3. The summed E-state index contributed by atoms with van der Waals surface area (Å²) in [5.41, 5.74) is 0.717. The number of H-pyrrole nitrogens is 2. The first kappa shape index (κ1) is 8.95. The van der Waals surface area contributed by atoms with Crippen molar-refractivity contribution in [3.05, 3.63) is 26.4 Å². The maximum atomic E-state index is 11.3. The fourth-order valence-corrected chi connectivity index (χ4v) is 1.65. The van der Waals surface area contributed by atoms with Crippen LogP contribution in [0, 0.1) is 4.77 Å². The van der Waals surface area contributed by atoms with Crippen molar-refractivity contribution in [2.75, 3.05) is 0 Å². The molecule has 74 valence electrons. The number of aromatic amines is 2. The molecule has 0 fully saturated rings. The summed E-state index contributed by atoms with van der Waals surface area (Å²) in [6.45, 7) is 0.310. The summed E-state index contributed by atoms with van der Waals surface area (Å²) >= 11 is 4.77. The maximum Gasteiger partial charge on any atom is 0.407 e. The molecule has 1 aromatic heterocycles. The second-order valence-corrected chi connectivity index (χ2v) is 3.41. The third-order valence-electron chi connectivity index (χ3n) is 2.10. The van der Waals surface area contributed by atoms with E-state index in [2.05, 4.69) is 9.97 Å². The van der Waals surface area contributed by atoms with E-state index in [0.29, 0.717) is 11.3 Å². The Bertz CT molecular complexity index is 504. The van der Waals surface area contributed by atoms with Gasteiger partial charge < -0.3 is 10.1 Å². The number of hydrogen-bond donors (Lipinski definition) is 3. The van der Waals surface area contributed by atoms with Gasteiger partial charge in [0.1, 0.15) is 0 Å². The molecule has 2 rings (SSSR count). The minimum Gasteiger partial charge on any atom is -0.465 e. The number of nitrogens with one attached hydrogen (secondary N) is 2. The Balaban J connectivity index is 2.50. The van der Waals surface area contributed by atoms with Gasteiger partial charge in [-0.15, -0.1) is 0 Å². The lowest BCUT2D eigenvalue weighted by Gasteiger charge is -2.07. The van der Waals surface area contributed by atoms with Crippen molar-refractivity contribution in [2.45, 2.75) is 13.1 Å². The van der Waals surface area contributed by atoms with Crippen LogP contribution in [0.4, 0.5) is 4.79 Å². The smallest absolute Gasteiger partial charge is 0.407 e. The van der Waals surface area contributed by atoms with Crippen LogP contribution in [0.25, 0.3) is 0 Å². The van der Waals surface area contributed by atoms with E-state index in [1.54, 1.807) is 0 Å². The van der Waals surface area contributed by atoms with Crippen LogP contribution in [0.15, 0.2) is 4.79 Å². The number of rotatable bonds is 0. The van der Waals surface area contributed by atoms with Gasteiger partial charge in [0.2, 0.25) is 0 Å². The zero-order valence-electron chi connectivity index (χ0n) is 7.03. The standard InChI is InChI=1S/C7H7N3O3S/c11-5-3-1-10(7(12)13)2-4(3)8-6(14)9-5/h1-2H2,(H,12,13)(H2,8,9,11,14). The third kappa shape index (κ3) is 1.31. The highest BCUT2D eigenvalue weighted by atomic mass is 32.1. The summed E-state index contributed by atoms with van der Waals surface area (Å²) in [6, 6.07) is 0. The van der Waals surface area contributed by atoms with Crippen molar-refractivity contribution in [1.29, 1.82) is 0 Å². The molecule has 0 saturated heterocycles. The van der Waals surface area contributed by atoms with Crippen LogP contribution in [-0.2, 0) is 13.1 Å². The van der Waals surface area contributed by atoms with Gasteiger partial charge in [0, 0.05) is 5.69 Å². The van der Waals surface area contributed by atoms with Crippen molar-refractivity contribution in [3.8, 4) is 0 Å². The molecular formula is C7H7N3O3S. The molecule has 0 aromatic carbocycles. The second-order valence-electron chi connectivity index (χ2n) is 3.00. The van der Waals surface area contributed by atoms with Crippen molar-refractivity contribution in [3.63, 3.8) is 0 Å². The van der Waals surface area contributed by atoms with Gasteiger partial charge in [-0.05, 0) is 12.2 Å². The minimum absolute atomic E-state index is 0.117. The lowest BCUT2D eigenvalue weighted by atomic mass is 10.3. The van der Waals surface area contributed by atoms with Gasteiger partial charge in [-0.3, -0.25) is 14.7 Å². The first-order valence-electron chi connectivity index (χ1n) is 3.90. The summed E-state index contributed by atoms with van der Waals surface area (Å²) in [5.74, 6) is 0. The van der Waals surface area contributed by atoms with E-state index in [1.807, 2.05) is 0 Å². The van der Waals surface area contributed by atoms with Gasteiger partial charge in [0.15, 0.2) is 4.77 Å². The summed E-state index contributed by atoms with van der Waals surface area (Å²) in [6.07, 6.45) is -1.04. The quantitative estimate of drug-likeness (QED) is 0.545. The normalized spacial score (nSPS) is 14.1. The van der Waals surface area contributed by atoms with Crippen LogP contribution in [0.2, 0.25) is 0 Å². The Kier molecular flexibility index (Phi) is 1.88. The van der Waals surface area contributed by atoms with Crippen molar-refractivity contribution in [2.24, 2.45) is 0 Å². The van der Waals surface area contributed by atoms with E-state index < -0.39 is 6.09 Å². The molecule has 0 spiro atoms. The molecule has 0 bridgehead atoms. The average Bonchev–Trinajstić information content (AvgIpc) is 2.47. The Morgan fingerprint density at radius 2 is 2.14 bits per heavy atom. The van der Waals surface area contributed by atoms with E-state index >= 15 is 0 Å². The number of hydrogen-bond acceptors (Lipinski definition) is 3. The minimum atomic E-state index is -1.04. The first-order valence-corrected chi connectivity index (χ1v) is 4.31. The average molecular weight is 213 g/mol. The molecular weight excluding hydrogens is 206 g/mol. The van der Waals surface area contributed by atoms with Gasteiger partial charge in [-0.1, -0.05) is 0 Å². The molecule has 1 amide bonds. The largest absolute Gasteiger partial charge is 0.465 e. The van der Waals surface area contributed by atoms with Gasteiger partial charge >= 0.3 is 6.09 Å². The maximum absolute atomic E-state index is 11.3. The van der Waals surface area contributed by atoms with E-state index in [1.165, 1.54) is 0 Å². The third-order valence-corrected chi connectivity index (χ3v) is 2.30. The highest BCUT2D eigenvalue weighted by Gasteiger charge is 2.25. The van der Waals surface area contributed by atoms with Gasteiger partial charge in [0.25, 0.3) is 5.56 Å². The van der Waals surface area contributed by atoms with E-state index in [-0.39, 0.29) is 23.4 Å². The Labute approximate surface area is 83.2 Å². The van der Waals surface area contributed by atoms with E-state index in [0.717, 1.165) is 4.90 Å². The fraction of sp³-hybridized carbons (Fsp3) is 0.286. The molecule has 3 N–H and O–H groups in total. The van der Waals surface area contributed by atoms with Gasteiger partial charge in [-0.25, -0.2) is 4.79 Å². The summed E-state index contributed by atoms with van der Waals surface area (Å²) < 4.78 is 0.223. The van der Waals surface area contributed by atoms with E-state index in [9.17, 15) is 9.59 Å². The molecule has 1 aromatic rings.